The van der Waals surface area contributed by atoms with Gasteiger partial charge in [0.05, 0.1) is 17.4 Å². The molecule has 0 N–H and O–H groups in total. The van der Waals surface area contributed by atoms with Gasteiger partial charge in [-0.15, -0.1) is 0 Å². The van der Waals surface area contributed by atoms with Gasteiger partial charge in [-0.3, -0.25) is 4.79 Å². The van der Waals surface area contributed by atoms with E-state index >= 15 is 0 Å². The first kappa shape index (κ1) is 18.9. The Morgan fingerprint density at radius 3 is 2.62 bits per heavy atom. The van der Waals surface area contributed by atoms with E-state index in [0.717, 1.165) is 51.1 Å². The van der Waals surface area contributed by atoms with Gasteiger partial charge in [-0.05, 0) is 51.9 Å². The Morgan fingerprint density at radius 1 is 1.21 bits per heavy atom. The molecule has 7 nitrogen and oxygen atoms in total. The van der Waals surface area contributed by atoms with E-state index in [4.69, 9.17) is 4.98 Å². The highest BCUT2D eigenvalue weighted by Gasteiger charge is 2.59. The summed E-state index contributed by atoms with van der Waals surface area (Å²) in [6.45, 7) is 8.83. The Hall–Kier alpha value is -2.05. The van der Waals surface area contributed by atoms with Crippen LogP contribution in [-0.4, -0.2) is 75.5 Å². The topological polar surface area (TPSA) is 61.7 Å². The molecule has 2 atom stereocenters. The predicted molar refractivity (Wildman–Crippen MR) is 109 cm³/mol. The lowest BCUT2D eigenvalue weighted by molar-refractivity contribution is -0.136. The predicted octanol–water partition coefficient (Wildman–Crippen LogP) is 2.71. The summed E-state index contributed by atoms with van der Waals surface area (Å²) in [5.74, 6) is 0.937. The molecule has 1 saturated carbocycles. The Kier molecular flexibility index (Phi) is 4.59. The van der Waals surface area contributed by atoms with Crippen molar-refractivity contribution < 1.29 is 9.59 Å². The van der Waals surface area contributed by atoms with Crippen molar-refractivity contribution in [2.24, 2.45) is 11.3 Å². The molecule has 3 amide bonds. The van der Waals surface area contributed by atoms with E-state index in [1.165, 1.54) is 12.8 Å². The number of nitrogens with zero attached hydrogens (tertiary/aromatic N) is 5. The molecule has 0 aromatic carbocycles. The van der Waals surface area contributed by atoms with Crippen LogP contribution in [0.4, 0.5) is 4.79 Å². The number of carbonyl (C=O) groups excluding carboxylic acids is 2. The molecule has 4 heterocycles. The van der Waals surface area contributed by atoms with E-state index in [1.807, 2.05) is 16.1 Å². The van der Waals surface area contributed by atoms with Crippen molar-refractivity contribution in [1.29, 1.82) is 0 Å². The minimum Gasteiger partial charge on any atom is -0.342 e. The molecule has 7 heteroatoms. The second-order valence-electron chi connectivity index (χ2n) is 9.85. The highest BCUT2D eigenvalue weighted by Crippen LogP contribution is 2.50. The molecular weight excluding hydrogens is 366 g/mol. The summed E-state index contributed by atoms with van der Waals surface area (Å²) < 4.78 is 2.11. The Bertz CT molecular complexity index is 795. The van der Waals surface area contributed by atoms with Crippen LogP contribution >= 0.6 is 0 Å². The lowest BCUT2D eigenvalue weighted by Crippen LogP contribution is -2.43. The monoisotopic (exact) mass is 399 g/mol. The van der Waals surface area contributed by atoms with Crippen LogP contribution in [0.25, 0.3) is 0 Å². The number of aromatic nitrogens is 2. The number of carbonyl (C=O) groups is 2. The molecule has 4 fully saturated rings. The standard InChI is InChI=1S/C22H33N5O2/c1-16(2)27-13-19(23-15-27)18-12-26(21(29)24-8-3-4-9-24)14-22(18)7-10-25(20(22)28)11-17-5-6-17/h13,15-18H,3-12,14H2,1-2H3/t18-,22-/m0/s1. The van der Waals surface area contributed by atoms with Crippen LogP contribution in [-0.2, 0) is 4.79 Å². The van der Waals surface area contributed by atoms with Gasteiger partial charge >= 0.3 is 6.03 Å². The quantitative estimate of drug-likeness (QED) is 0.782. The highest BCUT2D eigenvalue weighted by molar-refractivity contribution is 5.88. The average molecular weight is 400 g/mol. The van der Waals surface area contributed by atoms with Gasteiger partial charge in [0.1, 0.15) is 0 Å². The summed E-state index contributed by atoms with van der Waals surface area (Å²) in [4.78, 5) is 37.5. The maximum absolute atomic E-state index is 13.6. The normalized spacial score (nSPS) is 29.8. The number of rotatable bonds is 4. The second-order valence-corrected chi connectivity index (χ2v) is 9.85. The molecular formula is C22H33N5O2. The van der Waals surface area contributed by atoms with Gasteiger partial charge in [0.15, 0.2) is 0 Å². The Morgan fingerprint density at radius 2 is 1.97 bits per heavy atom. The Balaban J connectivity index is 1.44. The SMILES string of the molecule is CC(C)n1cnc([C@@H]2CN(C(=O)N3CCCC3)C[C@@]23CCN(CC2CC2)C3=O)c1. The zero-order valence-corrected chi connectivity index (χ0v) is 17.7. The minimum atomic E-state index is -0.500. The fourth-order valence-corrected chi connectivity index (χ4v) is 5.47. The van der Waals surface area contributed by atoms with Gasteiger partial charge in [0.25, 0.3) is 0 Å². The van der Waals surface area contributed by atoms with Crippen LogP contribution in [0, 0.1) is 11.3 Å². The van der Waals surface area contributed by atoms with Gasteiger partial charge in [-0.1, -0.05) is 0 Å². The zero-order chi connectivity index (χ0) is 20.2. The maximum Gasteiger partial charge on any atom is 0.320 e. The molecule has 0 bridgehead atoms. The third-order valence-electron chi connectivity index (χ3n) is 7.48. The van der Waals surface area contributed by atoms with Crippen LogP contribution < -0.4 is 0 Å². The lowest BCUT2D eigenvalue weighted by Gasteiger charge is -2.28. The molecule has 0 radical (unpaired) electrons. The Labute approximate surface area is 173 Å². The van der Waals surface area contributed by atoms with Gasteiger partial charge < -0.3 is 19.3 Å². The molecule has 1 aromatic rings. The number of urea groups is 1. The van der Waals surface area contributed by atoms with Crippen molar-refractivity contribution in [3.63, 3.8) is 0 Å². The number of likely N-dealkylation sites (tertiary alicyclic amines) is 3. The summed E-state index contributed by atoms with van der Waals surface area (Å²) in [5.41, 5.74) is 0.470. The summed E-state index contributed by atoms with van der Waals surface area (Å²) in [5, 5.41) is 0. The highest BCUT2D eigenvalue weighted by atomic mass is 16.2. The number of imidazole rings is 1. The van der Waals surface area contributed by atoms with E-state index in [9.17, 15) is 9.59 Å². The van der Waals surface area contributed by atoms with Crippen LogP contribution in [0.5, 0.6) is 0 Å². The van der Waals surface area contributed by atoms with Crippen molar-refractivity contribution in [2.75, 3.05) is 39.3 Å². The lowest BCUT2D eigenvalue weighted by atomic mass is 9.75. The molecule has 1 aliphatic carbocycles. The van der Waals surface area contributed by atoms with E-state index in [1.54, 1.807) is 0 Å². The van der Waals surface area contributed by atoms with Gasteiger partial charge in [0.2, 0.25) is 5.91 Å². The zero-order valence-electron chi connectivity index (χ0n) is 17.7. The van der Waals surface area contributed by atoms with Crippen molar-refractivity contribution in [3.8, 4) is 0 Å². The first-order valence-corrected chi connectivity index (χ1v) is 11.3. The van der Waals surface area contributed by atoms with Crippen molar-refractivity contribution in [1.82, 2.24) is 24.3 Å². The smallest absolute Gasteiger partial charge is 0.320 e. The maximum atomic E-state index is 13.6. The summed E-state index contributed by atoms with van der Waals surface area (Å²) in [7, 11) is 0. The first-order chi connectivity index (χ1) is 14.0. The molecule has 0 unspecified atom stereocenters. The number of hydrogen-bond acceptors (Lipinski definition) is 3. The molecule has 158 valence electrons. The third kappa shape index (κ3) is 3.22. The van der Waals surface area contributed by atoms with Gasteiger partial charge in [-0.25, -0.2) is 9.78 Å². The molecule has 5 rings (SSSR count). The summed E-state index contributed by atoms with van der Waals surface area (Å²) >= 11 is 0. The van der Waals surface area contributed by atoms with Gasteiger partial charge in [0, 0.05) is 57.4 Å². The summed E-state index contributed by atoms with van der Waals surface area (Å²) in [6.07, 6.45) is 9.47. The molecule has 1 aromatic heterocycles. The van der Waals surface area contributed by atoms with Gasteiger partial charge in [-0.2, -0.15) is 0 Å². The van der Waals surface area contributed by atoms with E-state index in [-0.39, 0.29) is 17.9 Å². The first-order valence-electron chi connectivity index (χ1n) is 11.3. The summed E-state index contributed by atoms with van der Waals surface area (Å²) in [6, 6.07) is 0.447. The minimum absolute atomic E-state index is 0.00856. The van der Waals surface area contributed by atoms with Crippen LogP contribution in [0.3, 0.4) is 0 Å². The third-order valence-corrected chi connectivity index (χ3v) is 7.48. The van der Waals surface area contributed by atoms with Crippen LogP contribution in [0.1, 0.15) is 63.6 Å². The molecule has 3 saturated heterocycles. The molecule has 4 aliphatic rings. The number of hydrogen-bond donors (Lipinski definition) is 0. The van der Waals surface area contributed by atoms with Crippen molar-refractivity contribution >= 4 is 11.9 Å². The molecule has 1 spiro atoms. The largest absolute Gasteiger partial charge is 0.342 e. The van der Waals surface area contributed by atoms with Crippen molar-refractivity contribution in [3.05, 3.63) is 18.2 Å². The average Bonchev–Trinajstić information content (AvgIpc) is 3.16. The van der Waals surface area contributed by atoms with Crippen LogP contribution in [0.15, 0.2) is 12.5 Å². The van der Waals surface area contributed by atoms with E-state index in [0.29, 0.717) is 25.0 Å². The van der Waals surface area contributed by atoms with Crippen LogP contribution in [0.2, 0.25) is 0 Å². The van der Waals surface area contributed by atoms with E-state index < -0.39 is 5.41 Å². The van der Waals surface area contributed by atoms with Crippen molar-refractivity contribution in [2.45, 2.75) is 57.9 Å². The number of amides is 3. The fourth-order valence-electron chi connectivity index (χ4n) is 5.47. The van der Waals surface area contributed by atoms with E-state index in [2.05, 4.69) is 29.5 Å². The molecule has 3 aliphatic heterocycles. The fraction of sp³-hybridized carbons (Fsp3) is 0.773. The second kappa shape index (κ2) is 7.03. The molecule has 29 heavy (non-hydrogen) atoms.